The molecule has 0 aliphatic heterocycles. The van der Waals surface area contributed by atoms with Crippen LogP contribution in [-0.4, -0.2) is 24.3 Å². The normalized spacial score (nSPS) is 12.0. The van der Waals surface area contributed by atoms with Gasteiger partial charge in [-0.15, -0.1) is 0 Å². The van der Waals surface area contributed by atoms with Crippen LogP contribution in [0.1, 0.15) is 33.5 Å². The molecule has 8 nitrogen and oxygen atoms in total. The van der Waals surface area contributed by atoms with Gasteiger partial charge in [0.15, 0.2) is 5.76 Å². The number of halogens is 3. The monoisotopic (exact) mass is 525 g/mol. The Morgan fingerprint density at radius 2 is 1.50 bits per heavy atom. The second-order valence-electron chi connectivity index (χ2n) is 8.05. The van der Waals surface area contributed by atoms with Crippen LogP contribution in [0.5, 0.6) is 0 Å². The number of para-hydroxylation sites is 1. The maximum atomic E-state index is 14.0. The van der Waals surface area contributed by atoms with E-state index in [1.807, 2.05) is 0 Å². The van der Waals surface area contributed by atoms with Crippen molar-refractivity contribution in [1.82, 2.24) is 10.6 Å². The summed E-state index contributed by atoms with van der Waals surface area (Å²) in [6.07, 6.45) is -2.16. The summed E-state index contributed by atoms with van der Waals surface area (Å²) in [5.41, 5.74) is -1.41. The first kappa shape index (κ1) is 26.3. The fourth-order valence-electron chi connectivity index (χ4n) is 3.81. The molecule has 1 atom stereocenters. The molecule has 2 N–H and O–H groups in total. The Kier molecular flexibility index (Phi) is 7.95. The number of carbonyl (C=O) groups excluding carboxylic acids is 3. The molecule has 196 valence electrons. The van der Waals surface area contributed by atoms with Gasteiger partial charge in [-0.1, -0.05) is 42.5 Å². The van der Waals surface area contributed by atoms with Gasteiger partial charge in [-0.2, -0.15) is 13.2 Å². The third-order valence-corrected chi connectivity index (χ3v) is 5.52. The number of nitrogens with one attached hydrogen (secondary N) is 2. The van der Waals surface area contributed by atoms with Crippen LogP contribution >= 0.6 is 0 Å². The molecule has 11 heteroatoms. The van der Waals surface area contributed by atoms with Crippen LogP contribution in [0.2, 0.25) is 0 Å². The minimum Gasteiger partial charge on any atom is -0.467 e. The maximum absolute atomic E-state index is 14.0. The maximum Gasteiger partial charge on any atom is 0.418 e. The largest absolute Gasteiger partial charge is 0.467 e. The third kappa shape index (κ3) is 6.12. The third-order valence-electron chi connectivity index (χ3n) is 5.52. The highest BCUT2D eigenvalue weighted by atomic mass is 19.4. The van der Waals surface area contributed by atoms with Crippen molar-refractivity contribution < 1.29 is 36.4 Å². The summed E-state index contributed by atoms with van der Waals surface area (Å²) in [5.74, 6) is -2.13. The lowest BCUT2D eigenvalue weighted by molar-refractivity contribution is -0.137. The predicted octanol–water partition coefficient (Wildman–Crippen LogP) is 4.71. The fourth-order valence-corrected chi connectivity index (χ4v) is 3.81. The van der Waals surface area contributed by atoms with E-state index in [2.05, 4.69) is 10.6 Å². The Balaban J connectivity index is 1.75. The van der Waals surface area contributed by atoms with E-state index in [9.17, 15) is 27.6 Å². The molecule has 0 aliphatic rings. The van der Waals surface area contributed by atoms with Crippen molar-refractivity contribution in [2.24, 2.45) is 0 Å². The van der Waals surface area contributed by atoms with Gasteiger partial charge in [0.05, 0.1) is 36.9 Å². The molecule has 3 amide bonds. The van der Waals surface area contributed by atoms with Crippen LogP contribution < -0.4 is 15.5 Å². The van der Waals surface area contributed by atoms with Gasteiger partial charge in [-0.05, 0) is 42.0 Å². The average molecular weight is 525 g/mol. The first-order valence-corrected chi connectivity index (χ1v) is 11.4. The Morgan fingerprint density at radius 1 is 0.816 bits per heavy atom. The summed E-state index contributed by atoms with van der Waals surface area (Å²) >= 11 is 0. The Morgan fingerprint density at radius 3 is 2.16 bits per heavy atom. The first-order chi connectivity index (χ1) is 18.3. The second-order valence-corrected chi connectivity index (χ2v) is 8.05. The summed E-state index contributed by atoms with van der Waals surface area (Å²) in [4.78, 5) is 40.2. The van der Waals surface area contributed by atoms with Gasteiger partial charge in [0.2, 0.25) is 11.8 Å². The molecular weight excluding hydrogens is 503 g/mol. The Hall–Kier alpha value is -4.80. The van der Waals surface area contributed by atoms with Crippen molar-refractivity contribution in [2.75, 3.05) is 11.4 Å². The van der Waals surface area contributed by atoms with E-state index in [1.165, 1.54) is 48.9 Å². The molecule has 38 heavy (non-hydrogen) atoms. The zero-order valence-corrected chi connectivity index (χ0v) is 19.8. The number of nitrogens with zero attached hydrogens (tertiary/aromatic N) is 1. The summed E-state index contributed by atoms with van der Waals surface area (Å²) in [6, 6.07) is 16.9. The number of hydrogen-bond donors (Lipinski definition) is 2. The minimum absolute atomic E-state index is 0.0622. The van der Waals surface area contributed by atoms with Crippen LogP contribution in [0.15, 0.2) is 100 Å². The summed E-state index contributed by atoms with van der Waals surface area (Å²) in [6.45, 7) is -0.770. The second kappa shape index (κ2) is 11.5. The summed E-state index contributed by atoms with van der Waals surface area (Å²) in [7, 11) is 0. The van der Waals surface area contributed by atoms with Crippen LogP contribution in [0, 0.1) is 0 Å². The van der Waals surface area contributed by atoms with Gasteiger partial charge in [0.1, 0.15) is 11.8 Å². The highest BCUT2D eigenvalue weighted by Crippen LogP contribution is 2.39. The van der Waals surface area contributed by atoms with Crippen molar-refractivity contribution in [1.29, 1.82) is 0 Å². The van der Waals surface area contributed by atoms with E-state index in [1.54, 1.807) is 30.3 Å². The Labute approximate surface area is 215 Å². The number of hydrogen-bond acceptors (Lipinski definition) is 5. The predicted molar refractivity (Wildman–Crippen MR) is 130 cm³/mol. The van der Waals surface area contributed by atoms with E-state index in [0.29, 0.717) is 5.76 Å². The number of carbonyl (C=O) groups is 3. The first-order valence-electron chi connectivity index (χ1n) is 11.4. The molecule has 4 rings (SSSR count). The topological polar surface area (TPSA) is 105 Å². The number of anilines is 1. The number of alkyl halides is 3. The highest BCUT2D eigenvalue weighted by molar-refractivity contribution is 6.04. The van der Waals surface area contributed by atoms with Crippen LogP contribution in [0.25, 0.3) is 0 Å². The lowest BCUT2D eigenvalue weighted by Crippen LogP contribution is -2.48. The van der Waals surface area contributed by atoms with Crippen LogP contribution in [0.4, 0.5) is 18.9 Å². The molecule has 0 spiro atoms. The van der Waals surface area contributed by atoms with Crippen molar-refractivity contribution in [3.05, 3.63) is 114 Å². The molecular formula is C27H22F3N3O5. The van der Waals surface area contributed by atoms with Gasteiger partial charge in [0.25, 0.3) is 5.91 Å². The van der Waals surface area contributed by atoms with Gasteiger partial charge in [-0.3, -0.25) is 19.3 Å². The van der Waals surface area contributed by atoms with E-state index < -0.39 is 47.7 Å². The zero-order chi connectivity index (χ0) is 27.1. The molecule has 0 unspecified atom stereocenters. The molecule has 0 radical (unpaired) electrons. The van der Waals surface area contributed by atoms with Crippen molar-refractivity contribution in [2.45, 2.75) is 18.8 Å². The smallest absolute Gasteiger partial charge is 0.418 e. The molecule has 0 saturated heterocycles. The van der Waals surface area contributed by atoms with E-state index in [4.69, 9.17) is 8.83 Å². The fraction of sp³-hybridized carbons (Fsp3) is 0.148. The number of furan rings is 2. The van der Waals surface area contributed by atoms with E-state index in [-0.39, 0.29) is 17.9 Å². The molecule has 4 aromatic rings. The van der Waals surface area contributed by atoms with Gasteiger partial charge < -0.3 is 19.5 Å². The molecule has 2 heterocycles. The Bertz CT molecular complexity index is 1370. The molecule has 2 aromatic carbocycles. The summed E-state index contributed by atoms with van der Waals surface area (Å²) in [5, 5.41) is 4.97. The minimum atomic E-state index is -4.83. The lowest BCUT2D eigenvalue weighted by Gasteiger charge is -2.33. The van der Waals surface area contributed by atoms with Gasteiger partial charge in [0, 0.05) is 0 Å². The zero-order valence-electron chi connectivity index (χ0n) is 19.8. The average Bonchev–Trinajstić information content (AvgIpc) is 3.64. The summed E-state index contributed by atoms with van der Waals surface area (Å²) < 4.78 is 52.3. The molecule has 0 aliphatic carbocycles. The number of amides is 3. The highest BCUT2D eigenvalue weighted by Gasteiger charge is 2.40. The molecule has 0 bridgehead atoms. The molecule has 0 saturated carbocycles. The van der Waals surface area contributed by atoms with Gasteiger partial charge in [-0.25, -0.2) is 0 Å². The van der Waals surface area contributed by atoms with Crippen LogP contribution in [-0.2, 0) is 22.3 Å². The van der Waals surface area contributed by atoms with Gasteiger partial charge >= 0.3 is 6.18 Å². The standard InChI is InChI=1S/C27H22F3N3O5/c28-27(29,30)20-11-4-5-12-21(20)33(23(34)17-32-25(35)22-13-7-15-38-22)24(18-8-2-1-3-9-18)26(36)31-16-19-10-6-14-37-19/h1-15,24H,16-17H2,(H,31,36)(H,32,35)/t24-/m0/s1. The SMILES string of the molecule is O=C(NCC(=O)N(c1ccccc1C(F)(F)F)[C@H](C(=O)NCc1ccco1)c1ccccc1)c1ccco1. The number of benzene rings is 2. The molecule has 2 aromatic heterocycles. The van der Waals surface area contributed by atoms with E-state index in [0.717, 1.165) is 17.0 Å². The van der Waals surface area contributed by atoms with Crippen molar-refractivity contribution in [3.63, 3.8) is 0 Å². The quantitative estimate of drug-likeness (QED) is 0.329. The number of rotatable bonds is 9. The lowest BCUT2D eigenvalue weighted by atomic mass is 10.0. The van der Waals surface area contributed by atoms with Crippen molar-refractivity contribution in [3.8, 4) is 0 Å². The molecule has 0 fully saturated rings. The van der Waals surface area contributed by atoms with Crippen LogP contribution in [0.3, 0.4) is 0 Å². The van der Waals surface area contributed by atoms with Crippen molar-refractivity contribution >= 4 is 23.4 Å². The van der Waals surface area contributed by atoms with E-state index >= 15 is 0 Å².